The average molecular weight is 195 g/mol. The van der Waals surface area contributed by atoms with Gasteiger partial charge in [-0.25, -0.2) is 9.97 Å². The molecule has 0 bridgehead atoms. The van der Waals surface area contributed by atoms with Gasteiger partial charge in [0.2, 0.25) is 0 Å². The van der Waals surface area contributed by atoms with Crippen LogP contribution in [0.2, 0.25) is 0 Å². The lowest BCUT2D eigenvalue weighted by Gasteiger charge is -2.03. The molecule has 0 aliphatic heterocycles. The van der Waals surface area contributed by atoms with E-state index in [1.165, 1.54) is 6.33 Å². The summed E-state index contributed by atoms with van der Waals surface area (Å²) in [6.45, 7) is 2.49. The third-order valence-electron chi connectivity index (χ3n) is 1.68. The predicted octanol–water partition coefficient (Wildman–Crippen LogP) is 1.06. The summed E-state index contributed by atoms with van der Waals surface area (Å²) in [5.41, 5.74) is 0.890. The van der Waals surface area contributed by atoms with Crippen molar-refractivity contribution in [2.24, 2.45) is 0 Å². The Kier molecular flexibility index (Phi) is 3.84. The zero-order chi connectivity index (χ0) is 10.4. The SMILES string of the molecule is Cc1cc(NCCCC(=O)O)ncn1. The zero-order valence-corrected chi connectivity index (χ0v) is 8.03. The van der Waals surface area contributed by atoms with Crippen molar-refractivity contribution in [1.82, 2.24) is 9.97 Å². The van der Waals surface area contributed by atoms with Crippen LogP contribution in [-0.4, -0.2) is 27.6 Å². The number of aliphatic carboxylic acids is 1. The van der Waals surface area contributed by atoms with E-state index in [1.54, 1.807) is 0 Å². The number of anilines is 1. The van der Waals surface area contributed by atoms with E-state index in [0.29, 0.717) is 13.0 Å². The van der Waals surface area contributed by atoms with Crippen LogP contribution < -0.4 is 5.32 Å². The summed E-state index contributed by atoms with van der Waals surface area (Å²) < 4.78 is 0. The molecule has 0 amide bonds. The first kappa shape index (κ1) is 10.4. The van der Waals surface area contributed by atoms with Gasteiger partial charge in [0, 0.05) is 24.7 Å². The van der Waals surface area contributed by atoms with Crippen molar-refractivity contribution in [3.05, 3.63) is 18.1 Å². The number of aryl methyl sites for hydroxylation is 1. The highest BCUT2D eigenvalue weighted by Crippen LogP contribution is 2.02. The minimum Gasteiger partial charge on any atom is -0.481 e. The number of hydrogen-bond acceptors (Lipinski definition) is 4. The molecule has 5 nitrogen and oxygen atoms in total. The molecule has 1 aromatic rings. The van der Waals surface area contributed by atoms with Gasteiger partial charge in [-0.1, -0.05) is 0 Å². The van der Waals surface area contributed by atoms with Gasteiger partial charge in [-0.3, -0.25) is 4.79 Å². The second kappa shape index (κ2) is 5.16. The number of rotatable bonds is 5. The topological polar surface area (TPSA) is 75.1 Å². The lowest BCUT2D eigenvalue weighted by atomic mass is 10.3. The van der Waals surface area contributed by atoms with E-state index in [9.17, 15) is 4.79 Å². The van der Waals surface area contributed by atoms with Crippen LogP contribution >= 0.6 is 0 Å². The first-order valence-corrected chi connectivity index (χ1v) is 4.43. The molecule has 5 heteroatoms. The average Bonchev–Trinajstić information content (AvgIpc) is 2.12. The van der Waals surface area contributed by atoms with Crippen molar-refractivity contribution in [2.75, 3.05) is 11.9 Å². The second-order valence-corrected chi connectivity index (χ2v) is 2.97. The summed E-state index contributed by atoms with van der Waals surface area (Å²) in [5.74, 6) is -0.0337. The van der Waals surface area contributed by atoms with E-state index < -0.39 is 5.97 Å². The van der Waals surface area contributed by atoms with Gasteiger partial charge in [0.15, 0.2) is 0 Å². The monoisotopic (exact) mass is 195 g/mol. The van der Waals surface area contributed by atoms with E-state index >= 15 is 0 Å². The van der Waals surface area contributed by atoms with E-state index in [4.69, 9.17) is 5.11 Å². The van der Waals surface area contributed by atoms with E-state index in [-0.39, 0.29) is 6.42 Å². The normalized spacial score (nSPS) is 9.79. The molecule has 0 radical (unpaired) electrons. The standard InChI is InChI=1S/C9H13N3O2/c1-7-5-8(12-6-11-7)10-4-2-3-9(13)14/h5-6H,2-4H2,1H3,(H,13,14)(H,10,11,12). The van der Waals surface area contributed by atoms with Crippen molar-refractivity contribution in [3.63, 3.8) is 0 Å². The maximum atomic E-state index is 10.2. The number of carboxylic acid groups (broad SMARTS) is 1. The Morgan fingerprint density at radius 3 is 3.00 bits per heavy atom. The largest absolute Gasteiger partial charge is 0.481 e. The third kappa shape index (κ3) is 3.84. The molecule has 76 valence electrons. The van der Waals surface area contributed by atoms with Gasteiger partial charge in [0.1, 0.15) is 12.1 Å². The Morgan fingerprint density at radius 2 is 2.36 bits per heavy atom. The van der Waals surface area contributed by atoms with Gasteiger partial charge in [-0.15, -0.1) is 0 Å². The van der Waals surface area contributed by atoms with Gasteiger partial charge in [0.25, 0.3) is 0 Å². The van der Waals surface area contributed by atoms with E-state index in [0.717, 1.165) is 11.5 Å². The Morgan fingerprint density at radius 1 is 1.57 bits per heavy atom. The van der Waals surface area contributed by atoms with E-state index in [2.05, 4.69) is 15.3 Å². The molecular weight excluding hydrogens is 182 g/mol. The highest BCUT2D eigenvalue weighted by Gasteiger charge is 1.97. The lowest BCUT2D eigenvalue weighted by molar-refractivity contribution is -0.137. The van der Waals surface area contributed by atoms with Crippen molar-refractivity contribution < 1.29 is 9.90 Å². The molecule has 0 unspecified atom stereocenters. The highest BCUT2D eigenvalue weighted by atomic mass is 16.4. The molecule has 1 heterocycles. The van der Waals surface area contributed by atoms with Crippen LogP contribution in [0.3, 0.4) is 0 Å². The molecule has 1 rings (SSSR count). The fraction of sp³-hybridized carbons (Fsp3) is 0.444. The number of carbonyl (C=O) groups is 1. The van der Waals surface area contributed by atoms with E-state index in [1.807, 2.05) is 13.0 Å². The van der Waals surface area contributed by atoms with Crippen LogP contribution in [0.1, 0.15) is 18.5 Å². The molecule has 0 saturated heterocycles. The maximum Gasteiger partial charge on any atom is 0.303 e. The van der Waals surface area contributed by atoms with Gasteiger partial charge < -0.3 is 10.4 Å². The van der Waals surface area contributed by atoms with Crippen molar-refractivity contribution in [2.45, 2.75) is 19.8 Å². The molecule has 0 atom stereocenters. The molecule has 0 aliphatic carbocycles. The Balaban J connectivity index is 2.28. The van der Waals surface area contributed by atoms with Crippen LogP contribution in [0.4, 0.5) is 5.82 Å². The minimum atomic E-state index is -0.773. The number of nitrogens with one attached hydrogen (secondary N) is 1. The molecule has 14 heavy (non-hydrogen) atoms. The second-order valence-electron chi connectivity index (χ2n) is 2.97. The first-order valence-electron chi connectivity index (χ1n) is 4.43. The Hall–Kier alpha value is -1.65. The first-order chi connectivity index (χ1) is 6.68. The molecule has 2 N–H and O–H groups in total. The fourth-order valence-electron chi connectivity index (χ4n) is 1.01. The minimum absolute atomic E-state index is 0.178. The summed E-state index contributed by atoms with van der Waals surface area (Å²) in [4.78, 5) is 18.1. The summed E-state index contributed by atoms with van der Waals surface area (Å²) >= 11 is 0. The summed E-state index contributed by atoms with van der Waals surface area (Å²) in [7, 11) is 0. The number of aromatic nitrogens is 2. The molecule has 0 aliphatic rings. The molecule has 0 aromatic carbocycles. The van der Waals surface area contributed by atoms with Crippen LogP contribution in [0.5, 0.6) is 0 Å². The molecular formula is C9H13N3O2. The van der Waals surface area contributed by atoms with Gasteiger partial charge in [0.05, 0.1) is 0 Å². The van der Waals surface area contributed by atoms with Crippen LogP contribution in [-0.2, 0) is 4.79 Å². The van der Waals surface area contributed by atoms with Crippen LogP contribution in [0.15, 0.2) is 12.4 Å². The predicted molar refractivity (Wildman–Crippen MR) is 52.1 cm³/mol. The lowest BCUT2D eigenvalue weighted by Crippen LogP contribution is -2.06. The van der Waals surface area contributed by atoms with Crippen molar-refractivity contribution >= 4 is 11.8 Å². The van der Waals surface area contributed by atoms with Crippen molar-refractivity contribution in [1.29, 1.82) is 0 Å². The fourth-order valence-corrected chi connectivity index (χ4v) is 1.01. The van der Waals surface area contributed by atoms with Gasteiger partial charge >= 0.3 is 5.97 Å². The summed E-state index contributed by atoms with van der Waals surface area (Å²) in [6, 6.07) is 1.82. The number of carboxylic acids is 1. The van der Waals surface area contributed by atoms with Crippen LogP contribution in [0, 0.1) is 6.92 Å². The molecule has 0 spiro atoms. The third-order valence-corrected chi connectivity index (χ3v) is 1.68. The molecule has 1 aromatic heterocycles. The Labute approximate surface area is 82.2 Å². The van der Waals surface area contributed by atoms with Gasteiger partial charge in [-0.2, -0.15) is 0 Å². The smallest absolute Gasteiger partial charge is 0.303 e. The molecule has 0 fully saturated rings. The highest BCUT2D eigenvalue weighted by molar-refractivity contribution is 5.66. The quantitative estimate of drug-likeness (QED) is 0.687. The van der Waals surface area contributed by atoms with Crippen molar-refractivity contribution in [3.8, 4) is 0 Å². The molecule has 0 saturated carbocycles. The maximum absolute atomic E-state index is 10.2. The number of nitrogens with zero attached hydrogens (tertiary/aromatic N) is 2. The number of hydrogen-bond donors (Lipinski definition) is 2. The summed E-state index contributed by atoms with van der Waals surface area (Å²) in [5, 5.41) is 11.4. The van der Waals surface area contributed by atoms with Crippen LogP contribution in [0.25, 0.3) is 0 Å². The summed E-state index contributed by atoms with van der Waals surface area (Å²) in [6.07, 6.45) is 2.25. The van der Waals surface area contributed by atoms with Gasteiger partial charge in [-0.05, 0) is 13.3 Å². The zero-order valence-electron chi connectivity index (χ0n) is 8.03. The Bertz CT molecular complexity index is 315.